The van der Waals surface area contributed by atoms with Gasteiger partial charge in [-0.05, 0) is 5.39 Å². The predicted octanol–water partition coefficient (Wildman–Crippen LogP) is 2.59. The first-order valence-electron chi connectivity index (χ1n) is 6.26. The molecule has 0 bridgehead atoms. The lowest BCUT2D eigenvalue weighted by Gasteiger charge is -2.22. The van der Waals surface area contributed by atoms with Gasteiger partial charge in [0.15, 0.2) is 0 Å². The van der Waals surface area contributed by atoms with Gasteiger partial charge in [-0.3, -0.25) is 4.79 Å². The van der Waals surface area contributed by atoms with Crippen LogP contribution in [-0.4, -0.2) is 47.0 Å². The van der Waals surface area contributed by atoms with Gasteiger partial charge < -0.3 is 10.0 Å². The van der Waals surface area contributed by atoms with Gasteiger partial charge in [0.1, 0.15) is 5.15 Å². The molecule has 4 nitrogen and oxygen atoms in total. The number of halogens is 3. The van der Waals surface area contributed by atoms with Crippen molar-refractivity contribution in [2.45, 2.75) is 6.43 Å². The molecule has 1 N–H and O–H groups in total. The third-order valence-electron chi connectivity index (χ3n) is 2.99. The minimum Gasteiger partial charge on any atom is -0.395 e. The molecule has 2 rings (SSSR count). The molecule has 2 aromatic rings. The predicted molar refractivity (Wildman–Crippen MR) is 75.7 cm³/mol. The number of fused-ring (bicyclic) bond motifs is 1. The summed E-state index contributed by atoms with van der Waals surface area (Å²) in [6, 6.07) is 6.84. The Hall–Kier alpha value is -1.79. The number of nitrogens with zero attached hydrogens (tertiary/aromatic N) is 2. The first-order chi connectivity index (χ1) is 10.0. The second-order valence-corrected chi connectivity index (χ2v) is 4.73. The molecule has 0 unspecified atom stereocenters. The van der Waals surface area contributed by atoms with E-state index in [0.29, 0.717) is 10.8 Å². The number of carbonyl (C=O) groups is 1. The van der Waals surface area contributed by atoms with Crippen LogP contribution in [0.4, 0.5) is 8.78 Å². The molecule has 1 heterocycles. The number of aliphatic hydroxyl groups is 1. The van der Waals surface area contributed by atoms with Crippen LogP contribution in [0.15, 0.2) is 30.5 Å². The highest BCUT2D eigenvalue weighted by molar-refractivity contribution is 6.34. The van der Waals surface area contributed by atoms with E-state index < -0.39 is 25.5 Å². The van der Waals surface area contributed by atoms with Gasteiger partial charge in [0.25, 0.3) is 12.3 Å². The minimum atomic E-state index is -2.67. The van der Waals surface area contributed by atoms with Gasteiger partial charge in [0.2, 0.25) is 0 Å². The molecular weight excluding hydrogens is 302 g/mol. The zero-order valence-corrected chi connectivity index (χ0v) is 11.7. The summed E-state index contributed by atoms with van der Waals surface area (Å²) in [5, 5.41) is 10.3. The Kier molecular flexibility index (Phi) is 5.03. The molecule has 0 aliphatic carbocycles. The molecular formula is C14H13ClF2N2O2. The monoisotopic (exact) mass is 314 g/mol. The quantitative estimate of drug-likeness (QED) is 0.863. The topological polar surface area (TPSA) is 53.4 Å². The Bertz CT molecular complexity index is 652. The van der Waals surface area contributed by atoms with Crippen LogP contribution in [0.3, 0.4) is 0 Å². The van der Waals surface area contributed by atoms with Crippen molar-refractivity contribution in [3.63, 3.8) is 0 Å². The highest BCUT2D eigenvalue weighted by atomic mass is 35.5. The van der Waals surface area contributed by atoms with Crippen molar-refractivity contribution in [2.75, 3.05) is 19.7 Å². The molecule has 0 atom stereocenters. The van der Waals surface area contributed by atoms with E-state index in [9.17, 15) is 13.6 Å². The zero-order valence-electron chi connectivity index (χ0n) is 11.0. The van der Waals surface area contributed by atoms with E-state index >= 15 is 0 Å². The lowest BCUT2D eigenvalue weighted by atomic mass is 10.1. The number of rotatable bonds is 5. The number of hydrogen-bond acceptors (Lipinski definition) is 3. The standard InChI is InChI=1S/C14H13ClF2N2O2/c15-13-10-4-2-1-3-9(10)11(7-18-13)14(21)19(5-6-20)8-12(16)17/h1-4,7,12,20H,5-6,8H2. The Morgan fingerprint density at radius 1 is 1.33 bits per heavy atom. The van der Waals surface area contributed by atoms with Crippen LogP contribution in [0.1, 0.15) is 10.4 Å². The number of aliphatic hydroxyl groups excluding tert-OH is 1. The highest BCUT2D eigenvalue weighted by Crippen LogP contribution is 2.25. The summed E-state index contributed by atoms with van der Waals surface area (Å²) in [6.45, 7) is -1.30. The normalized spacial score (nSPS) is 11.1. The van der Waals surface area contributed by atoms with Crippen molar-refractivity contribution in [2.24, 2.45) is 0 Å². The lowest BCUT2D eigenvalue weighted by Crippen LogP contribution is -2.37. The van der Waals surface area contributed by atoms with Gasteiger partial charge in [0, 0.05) is 18.1 Å². The molecule has 21 heavy (non-hydrogen) atoms. The fourth-order valence-electron chi connectivity index (χ4n) is 2.06. The lowest BCUT2D eigenvalue weighted by molar-refractivity contribution is 0.0510. The van der Waals surface area contributed by atoms with Crippen molar-refractivity contribution in [3.8, 4) is 0 Å². The van der Waals surface area contributed by atoms with Crippen molar-refractivity contribution in [1.82, 2.24) is 9.88 Å². The maximum Gasteiger partial charge on any atom is 0.256 e. The minimum absolute atomic E-state index is 0.167. The van der Waals surface area contributed by atoms with Crippen LogP contribution in [0.25, 0.3) is 10.8 Å². The van der Waals surface area contributed by atoms with Crippen LogP contribution in [0.5, 0.6) is 0 Å². The maximum absolute atomic E-state index is 12.6. The molecule has 0 aliphatic heterocycles. The summed E-state index contributed by atoms with van der Waals surface area (Å²) >= 11 is 5.96. The summed E-state index contributed by atoms with van der Waals surface area (Å²) in [4.78, 5) is 17.2. The number of aromatic nitrogens is 1. The molecule has 0 radical (unpaired) electrons. The Morgan fingerprint density at radius 2 is 2.00 bits per heavy atom. The molecule has 0 aliphatic rings. The Balaban J connectivity index is 2.44. The van der Waals surface area contributed by atoms with Crippen LogP contribution in [0, 0.1) is 0 Å². The highest BCUT2D eigenvalue weighted by Gasteiger charge is 2.21. The summed E-state index contributed by atoms with van der Waals surface area (Å²) in [6.07, 6.45) is -1.41. The van der Waals surface area contributed by atoms with Crippen molar-refractivity contribution in [1.29, 1.82) is 0 Å². The first kappa shape index (κ1) is 15.6. The average molecular weight is 315 g/mol. The fourth-order valence-corrected chi connectivity index (χ4v) is 2.28. The second kappa shape index (κ2) is 6.78. The van der Waals surface area contributed by atoms with Gasteiger partial charge in [-0.25, -0.2) is 13.8 Å². The average Bonchev–Trinajstić information content (AvgIpc) is 2.46. The number of pyridine rings is 1. The van der Waals surface area contributed by atoms with Crippen LogP contribution in [0.2, 0.25) is 5.15 Å². The molecule has 1 amide bonds. The second-order valence-electron chi connectivity index (χ2n) is 4.37. The van der Waals surface area contributed by atoms with Gasteiger partial charge in [-0.1, -0.05) is 35.9 Å². The molecule has 0 fully saturated rings. The molecule has 0 spiro atoms. The van der Waals surface area contributed by atoms with E-state index in [2.05, 4.69) is 4.98 Å². The molecule has 0 saturated carbocycles. The summed E-state index contributed by atoms with van der Waals surface area (Å²) in [5.74, 6) is -0.607. The SMILES string of the molecule is O=C(c1cnc(Cl)c2ccccc12)N(CCO)CC(F)F. The summed E-state index contributed by atoms with van der Waals surface area (Å²) < 4.78 is 25.1. The zero-order chi connectivity index (χ0) is 15.4. The smallest absolute Gasteiger partial charge is 0.256 e. The number of carbonyl (C=O) groups excluding carboxylic acids is 1. The van der Waals surface area contributed by atoms with E-state index in [4.69, 9.17) is 16.7 Å². The summed E-state index contributed by atoms with van der Waals surface area (Å²) in [7, 11) is 0. The van der Waals surface area contributed by atoms with E-state index in [1.807, 2.05) is 0 Å². The van der Waals surface area contributed by atoms with E-state index in [0.717, 1.165) is 4.90 Å². The van der Waals surface area contributed by atoms with Gasteiger partial charge in [-0.2, -0.15) is 0 Å². The number of amides is 1. The van der Waals surface area contributed by atoms with Crippen molar-refractivity contribution < 1.29 is 18.7 Å². The van der Waals surface area contributed by atoms with Crippen LogP contribution < -0.4 is 0 Å². The van der Waals surface area contributed by atoms with Gasteiger partial charge >= 0.3 is 0 Å². The molecule has 0 saturated heterocycles. The molecule has 1 aromatic heterocycles. The third kappa shape index (κ3) is 3.46. The van der Waals surface area contributed by atoms with Crippen LogP contribution in [-0.2, 0) is 0 Å². The van der Waals surface area contributed by atoms with Crippen molar-refractivity contribution in [3.05, 3.63) is 41.2 Å². The first-order valence-corrected chi connectivity index (χ1v) is 6.64. The Labute approximate surface area is 125 Å². The number of hydrogen-bond donors (Lipinski definition) is 1. The van der Waals surface area contributed by atoms with Crippen molar-refractivity contribution >= 4 is 28.3 Å². The number of alkyl halides is 2. The third-order valence-corrected chi connectivity index (χ3v) is 3.29. The largest absolute Gasteiger partial charge is 0.395 e. The van der Waals surface area contributed by atoms with E-state index in [1.165, 1.54) is 6.20 Å². The van der Waals surface area contributed by atoms with Gasteiger partial charge in [-0.15, -0.1) is 0 Å². The van der Waals surface area contributed by atoms with E-state index in [1.54, 1.807) is 24.3 Å². The molecule has 1 aromatic carbocycles. The molecule has 7 heteroatoms. The fraction of sp³-hybridized carbons (Fsp3) is 0.286. The van der Waals surface area contributed by atoms with Crippen LogP contribution >= 0.6 is 11.6 Å². The number of benzene rings is 1. The van der Waals surface area contributed by atoms with Gasteiger partial charge in [0.05, 0.1) is 18.7 Å². The maximum atomic E-state index is 12.6. The molecule has 112 valence electrons. The summed E-state index contributed by atoms with van der Waals surface area (Å²) in [5.41, 5.74) is 0.184. The Morgan fingerprint density at radius 3 is 2.62 bits per heavy atom. The van der Waals surface area contributed by atoms with E-state index in [-0.39, 0.29) is 17.3 Å².